The lowest BCUT2D eigenvalue weighted by atomic mass is 9.87. The lowest BCUT2D eigenvalue weighted by molar-refractivity contribution is -0.135. The molecule has 6 heteroatoms. The molecule has 2 heterocycles. The van der Waals surface area contributed by atoms with Crippen molar-refractivity contribution in [3.63, 3.8) is 0 Å². The standard InChI is InChI=1S/C19H28N2O3S/c1-15(2)18(16-6-4-3-5-7-16)19(22)21-11-9-20(10-12-21)17-8-13-25(23,24)14-17/h3-7,15,17-18H,8-14H2,1-2H3. The van der Waals surface area contributed by atoms with E-state index in [0.29, 0.717) is 18.8 Å². The first-order valence-corrected chi connectivity index (χ1v) is 11.0. The van der Waals surface area contributed by atoms with Gasteiger partial charge in [0.2, 0.25) is 5.91 Å². The molecule has 2 atom stereocenters. The average molecular weight is 365 g/mol. The average Bonchev–Trinajstić information content (AvgIpc) is 2.96. The van der Waals surface area contributed by atoms with Crippen LogP contribution in [-0.4, -0.2) is 67.9 Å². The first kappa shape index (κ1) is 18.4. The van der Waals surface area contributed by atoms with Crippen molar-refractivity contribution >= 4 is 15.7 Å². The normalized spacial score (nSPS) is 25.2. The molecule has 1 aromatic rings. The molecular formula is C19H28N2O3S. The van der Waals surface area contributed by atoms with Gasteiger partial charge in [-0.2, -0.15) is 0 Å². The second-order valence-corrected chi connectivity index (χ2v) is 9.78. The maximum Gasteiger partial charge on any atom is 0.230 e. The quantitative estimate of drug-likeness (QED) is 0.817. The van der Waals surface area contributed by atoms with Crippen LogP contribution in [0.1, 0.15) is 31.7 Å². The van der Waals surface area contributed by atoms with Crippen molar-refractivity contribution in [2.24, 2.45) is 5.92 Å². The van der Waals surface area contributed by atoms with E-state index in [1.807, 2.05) is 35.2 Å². The second kappa shape index (κ2) is 7.46. The lowest BCUT2D eigenvalue weighted by Gasteiger charge is -2.39. The maximum atomic E-state index is 13.1. The zero-order valence-corrected chi connectivity index (χ0v) is 15.9. The van der Waals surface area contributed by atoms with Crippen molar-refractivity contribution in [3.05, 3.63) is 35.9 Å². The molecule has 0 spiro atoms. The summed E-state index contributed by atoms with van der Waals surface area (Å²) >= 11 is 0. The second-order valence-electron chi connectivity index (χ2n) is 7.55. The molecule has 138 valence electrons. The van der Waals surface area contributed by atoms with Gasteiger partial charge in [-0.1, -0.05) is 44.2 Å². The number of nitrogens with zero attached hydrogens (tertiary/aromatic N) is 2. The summed E-state index contributed by atoms with van der Waals surface area (Å²) in [6, 6.07) is 10.1. The Morgan fingerprint density at radius 3 is 2.24 bits per heavy atom. The van der Waals surface area contributed by atoms with E-state index >= 15 is 0 Å². The number of amides is 1. The number of carbonyl (C=O) groups is 1. The number of piperazine rings is 1. The number of hydrogen-bond acceptors (Lipinski definition) is 4. The summed E-state index contributed by atoms with van der Waals surface area (Å²) in [6.07, 6.45) is 0.731. The minimum Gasteiger partial charge on any atom is -0.340 e. The van der Waals surface area contributed by atoms with Gasteiger partial charge in [-0.25, -0.2) is 8.42 Å². The fourth-order valence-electron chi connectivity index (χ4n) is 4.04. The van der Waals surface area contributed by atoms with Gasteiger partial charge in [0.1, 0.15) is 0 Å². The summed E-state index contributed by atoms with van der Waals surface area (Å²) in [7, 11) is -2.86. The highest BCUT2D eigenvalue weighted by Crippen LogP contribution is 2.28. The third-order valence-electron chi connectivity index (χ3n) is 5.44. The highest BCUT2D eigenvalue weighted by molar-refractivity contribution is 7.91. The van der Waals surface area contributed by atoms with Gasteiger partial charge < -0.3 is 4.90 Å². The maximum absolute atomic E-state index is 13.1. The van der Waals surface area contributed by atoms with Gasteiger partial charge in [0.05, 0.1) is 17.4 Å². The van der Waals surface area contributed by atoms with Crippen LogP contribution in [0.2, 0.25) is 0 Å². The van der Waals surface area contributed by atoms with Gasteiger partial charge in [-0.15, -0.1) is 0 Å². The van der Waals surface area contributed by atoms with E-state index in [0.717, 1.165) is 25.1 Å². The highest BCUT2D eigenvalue weighted by atomic mass is 32.2. The smallest absolute Gasteiger partial charge is 0.230 e. The molecule has 0 radical (unpaired) electrons. The van der Waals surface area contributed by atoms with Gasteiger partial charge >= 0.3 is 0 Å². The Labute approximate surface area is 150 Å². The van der Waals surface area contributed by atoms with Crippen molar-refractivity contribution in [1.29, 1.82) is 0 Å². The molecule has 2 fully saturated rings. The zero-order valence-electron chi connectivity index (χ0n) is 15.1. The van der Waals surface area contributed by atoms with Crippen molar-refractivity contribution < 1.29 is 13.2 Å². The fraction of sp³-hybridized carbons (Fsp3) is 0.632. The minimum absolute atomic E-state index is 0.111. The molecule has 0 N–H and O–H groups in total. The van der Waals surface area contributed by atoms with Gasteiger partial charge in [0, 0.05) is 32.2 Å². The van der Waals surface area contributed by atoms with Crippen LogP contribution in [0.5, 0.6) is 0 Å². The minimum atomic E-state index is -2.86. The van der Waals surface area contributed by atoms with E-state index in [9.17, 15) is 13.2 Å². The summed E-state index contributed by atoms with van der Waals surface area (Å²) in [4.78, 5) is 17.3. The van der Waals surface area contributed by atoms with Crippen molar-refractivity contribution in [2.75, 3.05) is 37.7 Å². The van der Waals surface area contributed by atoms with Crippen LogP contribution in [0.25, 0.3) is 0 Å². The molecule has 2 unspecified atom stereocenters. The van der Waals surface area contributed by atoms with Crippen LogP contribution < -0.4 is 0 Å². The molecule has 0 aromatic heterocycles. The first-order valence-electron chi connectivity index (χ1n) is 9.15. The van der Waals surface area contributed by atoms with Crippen LogP contribution in [0, 0.1) is 5.92 Å². The molecule has 2 aliphatic rings. The number of benzene rings is 1. The number of carbonyl (C=O) groups excluding carboxylic acids is 1. The molecule has 0 saturated carbocycles. The molecule has 1 amide bonds. The largest absolute Gasteiger partial charge is 0.340 e. The summed E-state index contributed by atoms with van der Waals surface area (Å²) in [6.45, 7) is 7.10. The number of rotatable bonds is 4. The van der Waals surface area contributed by atoms with Crippen LogP contribution in [0.3, 0.4) is 0 Å². The Morgan fingerprint density at radius 1 is 1.08 bits per heavy atom. The van der Waals surface area contributed by atoms with Crippen molar-refractivity contribution in [1.82, 2.24) is 9.80 Å². The molecule has 3 rings (SSSR count). The third-order valence-corrected chi connectivity index (χ3v) is 7.19. The Kier molecular flexibility index (Phi) is 5.49. The van der Waals surface area contributed by atoms with Crippen LogP contribution in [0.4, 0.5) is 0 Å². The fourth-order valence-corrected chi connectivity index (χ4v) is 5.80. The number of sulfone groups is 1. The topological polar surface area (TPSA) is 57.7 Å². The Morgan fingerprint density at radius 2 is 1.72 bits per heavy atom. The monoisotopic (exact) mass is 364 g/mol. The van der Waals surface area contributed by atoms with Crippen molar-refractivity contribution in [2.45, 2.75) is 32.2 Å². The lowest BCUT2D eigenvalue weighted by Crippen LogP contribution is -2.53. The zero-order chi connectivity index (χ0) is 18.0. The molecule has 0 aliphatic carbocycles. The van der Waals surface area contributed by atoms with E-state index in [4.69, 9.17) is 0 Å². The Bertz CT molecular complexity index is 695. The summed E-state index contributed by atoms with van der Waals surface area (Å²) in [5.74, 6) is 0.909. The molecule has 2 aliphatic heterocycles. The Balaban J connectivity index is 1.62. The number of hydrogen-bond donors (Lipinski definition) is 0. The van der Waals surface area contributed by atoms with Gasteiger partial charge in [-0.3, -0.25) is 9.69 Å². The molecular weight excluding hydrogens is 336 g/mol. The van der Waals surface area contributed by atoms with E-state index in [1.54, 1.807) is 0 Å². The summed E-state index contributed by atoms with van der Waals surface area (Å²) in [5.41, 5.74) is 1.08. The van der Waals surface area contributed by atoms with E-state index in [-0.39, 0.29) is 29.5 Å². The van der Waals surface area contributed by atoms with E-state index in [2.05, 4.69) is 18.7 Å². The molecule has 25 heavy (non-hydrogen) atoms. The Hall–Kier alpha value is -1.40. The summed E-state index contributed by atoms with van der Waals surface area (Å²) < 4.78 is 23.4. The van der Waals surface area contributed by atoms with E-state index < -0.39 is 9.84 Å². The van der Waals surface area contributed by atoms with Crippen molar-refractivity contribution in [3.8, 4) is 0 Å². The molecule has 0 bridgehead atoms. The van der Waals surface area contributed by atoms with Gasteiger partial charge in [0.25, 0.3) is 0 Å². The van der Waals surface area contributed by atoms with Crippen LogP contribution >= 0.6 is 0 Å². The molecule has 1 aromatic carbocycles. The predicted octanol–water partition coefficient (Wildman–Crippen LogP) is 1.76. The SMILES string of the molecule is CC(C)C(C(=O)N1CCN(C2CCS(=O)(=O)C2)CC1)c1ccccc1. The highest BCUT2D eigenvalue weighted by Gasteiger charge is 2.36. The predicted molar refractivity (Wildman–Crippen MR) is 99.2 cm³/mol. The summed E-state index contributed by atoms with van der Waals surface area (Å²) in [5, 5.41) is 0. The molecule has 5 nitrogen and oxygen atoms in total. The van der Waals surface area contributed by atoms with Crippen LogP contribution in [-0.2, 0) is 14.6 Å². The van der Waals surface area contributed by atoms with Gasteiger partial charge in [-0.05, 0) is 17.9 Å². The first-order chi connectivity index (χ1) is 11.9. The molecule has 2 saturated heterocycles. The van der Waals surface area contributed by atoms with Crippen LogP contribution in [0.15, 0.2) is 30.3 Å². The van der Waals surface area contributed by atoms with Gasteiger partial charge in [0.15, 0.2) is 9.84 Å². The third kappa shape index (κ3) is 4.23. The van der Waals surface area contributed by atoms with E-state index in [1.165, 1.54) is 0 Å².